The van der Waals surface area contributed by atoms with E-state index < -0.39 is 6.10 Å². The van der Waals surface area contributed by atoms with Gasteiger partial charge in [0.25, 0.3) is 5.91 Å². The molecule has 0 radical (unpaired) electrons. The first kappa shape index (κ1) is 15.2. The lowest BCUT2D eigenvalue weighted by atomic mass is 10.2. The van der Waals surface area contributed by atoms with Crippen molar-refractivity contribution < 1.29 is 15.0 Å². The molecule has 0 unspecified atom stereocenters. The van der Waals surface area contributed by atoms with Gasteiger partial charge in [0, 0.05) is 18.0 Å². The summed E-state index contributed by atoms with van der Waals surface area (Å²) < 4.78 is 1.82. The van der Waals surface area contributed by atoms with E-state index in [4.69, 9.17) is 5.11 Å². The van der Waals surface area contributed by atoms with E-state index in [2.05, 4.69) is 5.10 Å². The summed E-state index contributed by atoms with van der Waals surface area (Å²) >= 11 is 1.50. The van der Waals surface area contributed by atoms with Crippen LogP contribution in [0.15, 0.2) is 18.2 Å². The predicted octanol–water partition coefficient (Wildman–Crippen LogP) is 1.32. The number of rotatable bonds is 3. The Morgan fingerprint density at radius 3 is 2.95 bits per heavy atom. The van der Waals surface area contributed by atoms with Crippen molar-refractivity contribution in [3.05, 3.63) is 39.3 Å². The van der Waals surface area contributed by atoms with Crippen LogP contribution in [-0.4, -0.2) is 44.0 Å². The van der Waals surface area contributed by atoms with Crippen LogP contribution < -0.4 is 0 Å². The van der Waals surface area contributed by atoms with Gasteiger partial charge in [-0.3, -0.25) is 9.48 Å². The number of fused-ring (bicyclic) bond motifs is 1. The SMILES string of the molecule is Cc1ccc(C(=O)N2CCCn3nc([C@@H](O)CO)cc3C2)s1. The molecule has 6 nitrogen and oxygen atoms in total. The number of hydrogen-bond acceptors (Lipinski definition) is 5. The van der Waals surface area contributed by atoms with Crippen molar-refractivity contribution in [2.75, 3.05) is 13.2 Å². The third-order valence-corrected chi connectivity index (χ3v) is 4.77. The lowest BCUT2D eigenvalue weighted by molar-refractivity contribution is 0.0750. The quantitative estimate of drug-likeness (QED) is 0.894. The van der Waals surface area contributed by atoms with Crippen LogP contribution in [0.5, 0.6) is 0 Å². The monoisotopic (exact) mass is 321 g/mol. The molecule has 1 amide bonds. The van der Waals surface area contributed by atoms with Crippen LogP contribution in [0.2, 0.25) is 0 Å². The normalized spacial score (nSPS) is 16.2. The first-order valence-corrected chi connectivity index (χ1v) is 8.11. The molecule has 0 spiro atoms. The van der Waals surface area contributed by atoms with E-state index >= 15 is 0 Å². The van der Waals surface area contributed by atoms with Crippen molar-refractivity contribution in [2.24, 2.45) is 0 Å². The molecule has 0 aliphatic carbocycles. The van der Waals surface area contributed by atoms with Gasteiger partial charge in [-0.25, -0.2) is 0 Å². The van der Waals surface area contributed by atoms with E-state index in [0.717, 1.165) is 21.9 Å². The molecule has 0 aromatic carbocycles. The highest BCUT2D eigenvalue weighted by molar-refractivity contribution is 7.13. The average Bonchev–Trinajstić information content (AvgIpc) is 3.07. The summed E-state index contributed by atoms with van der Waals surface area (Å²) in [7, 11) is 0. The Kier molecular flexibility index (Phi) is 4.28. The van der Waals surface area contributed by atoms with Gasteiger partial charge in [0.1, 0.15) is 6.10 Å². The fraction of sp³-hybridized carbons (Fsp3) is 0.467. The Morgan fingerprint density at radius 1 is 1.45 bits per heavy atom. The number of carbonyl (C=O) groups is 1. The highest BCUT2D eigenvalue weighted by atomic mass is 32.1. The van der Waals surface area contributed by atoms with Gasteiger partial charge in [0.05, 0.1) is 29.4 Å². The van der Waals surface area contributed by atoms with Crippen LogP contribution in [0.4, 0.5) is 0 Å². The molecule has 0 bridgehead atoms. The van der Waals surface area contributed by atoms with Gasteiger partial charge < -0.3 is 15.1 Å². The largest absolute Gasteiger partial charge is 0.393 e. The number of carbonyl (C=O) groups excluding carboxylic acids is 1. The van der Waals surface area contributed by atoms with Crippen molar-refractivity contribution >= 4 is 17.2 Å². The van der Waals surface area contributed by atoms with Crippen molar-refractivity contribution in [2.45, 2.75) is 32.5 Å². The topological polar surface area (TPSA) is 78.6 Å². The number of aryl methyl sites for hydroxylation is 2. The second kappa shape index (κ2) is 6.20. The van der Waals surface area contributed by atoms with Gasteiger partial charge in [-0.15, -0.1) is 11.3 Å². The van der Waals surface area contributed by atoms with E-state index in [1.165, 1.54) is 11.3 Å². The molecule has 3 rings (SSSR count). The van der Waals surface area contributed by atoms with Crippen LogP contribution in [-0.2, 0) is 13.1 Å². The summed E-state index contributed by atoms with van der Waals surface area (Å²) in [6.45, 7) is 3.51. The zero-order valence-electron chi connectivity index (χ0n) is 12.4. The lowest BCUT2D eigenvalue weighted by Gasteiger charge is -2.19. The van der Waals surface area contributed by atoms with Gasteiger partial charge in [0.2, 0.25) is 0 Å². The first-order chi connectivity index (χ1) is 10.6. The molecular formula is C15H19N3O3S. The number of amides is 1. The zero-order chi connectivity index (χ0) is 15.7. The lowest BCUT2D eigenvalue weighted by Crippen LogP contribution is -2.30. The Morgan fingerprint density at radius 2 is 2.27 bits per heavy atom. The van der Waals surface area contributed by atoms with E-state index in [1.807, 2.05) is 28.6 Å². The molecule has 0 fully saturated rings. The highest BCUT2D eigenvalue weighted by Gasteiger charge is 2.23. The summed E-state index contributed by atoms with van der Waals surface area (Å²) in [6.07, 6.45) is -0.150. The molecule has 3 heterocycles. The Bertz CT molecular complexity index is 679. The summed E-state index contributed by atoms with van der Waals surface area (Å²) in [5.74, 6) is 0.0389. The minimum absolute atomic E-state index is 0.0389. The highest BCUT2D eigenvalue weighted by Crippen LogP contribution is 2.22. The standard InChI is InChI=1S/C15H19N3O3S/c1-10-3-4-14(22-10)15(21)17-5-2-6-18-11(8-17)7-12(16-18)13(20)9-19/h3-4,7,13,19-20H,2,5-6,8-9H2,1H3/t13-/m0/s1. The summed E-state index contributed by atoms with van der Waals surface area (Å²) in [6, 6.07) is 5.59. The minimum Gasteiger partial charge on any atom is -0.393 e. The number of aromatic nitrogens is 2. The predicted molar refractivity (Wildman–Crippen MR) is 82.7 cm³/mol. The molecule has 2 aromatic heterocycles. The van der Waals surface area contributed by atoms with Gasteiger partial charge in [-0.1, -0.05) is 0 Å². The van der Waals surface area contributed by atoms with Crippen LogP contribution in [0, 0.1) is 6.92 Å². The molecule has 1 atom stereocenters. The van der Waals surface area contributed by atoms with Crippen LogP contribution in [0.1, 0.15) is 38.5 Å². The third kappa shape index (κ3) is 2.92. The maximum absolute atomic E-state index is 12.6. The fourth-order valence-corrected chi connectivity index (χ4v) is 3.45. The van der Waals surface area contributed by atoms with Crippen molar-refractivity contribution in [1.29, 1.82) is 0 Å². The summed E-state index contributed by atoms with van der Waals surface area (Å²) in [5, 5.41) is 23.1. The maximum atomic E-state index is 12.6. The van der Waals surface area contributed by atoms with E-state index in [-0.39, 0.29) is 12.5 Å². The molecule has 0 saturated heterocycles. The van der Waals surface area contributed by atoms with Gasteiger partial charge in [0.15, 0.2) is 0 Å². The Hall–Kier alpha value is -1.70. The van der Waals surface area contributed by atoms with E-state index in [9.17, 15) is 9.90 Å². The number of aliphatic hydroxyl groups excluding tert-OH is 2. The first-order valence-electron chi connectivity index (χ1n) is 7.29. The maximum Gasteiger partial charge on any atom is 0.264 e. The Balaban J connectivity index is 1.81. The molecule has 22 heavy (non-hydrogen) atoms. The number of nitrogens with zero attached hydrogens (tertiary/aromatic N) is 3. The van der Waals surface area contributed by atoms with Crippen LogP contribution >= 0.6 is 11.3 Å². The third-order valence-electron chi connectivity index (χ3n) is 3.79. The average molecular weight is 321 g/mol. The molecule has 1 aliphatic heterocycles. The zero-order valence-corrected chi connectivity index (χ0v) is 13.2. The summed E-state index contributed by atoms with van der Waals surface area (Å²) in [4.78, 5) is 16.3. The minimum atomic E-state index is -0.969. The van der Waals surface area contributed by atoms with Gasteiger partial charge in [-0.2, -0.15) is 5.10 Å². The molecule has 1 aliphatic rings. The molecule has 2 N–H and O–H groups in total. The van der Waals surface area contributed by atoms with Crippen LogP contribution in [0.25, 0.3) is 0 Å². The smallest absolute Gasteiger partial charge is 0.264 e. The van der Waals surface area contributed by atoms with Gasteiger partial charge in [-0.05, 0) is 31.5 Å². The molecule has 0 saturated carbocycles. The van der Waals surface area contributed by atoms with Crippen molar-refractivity contribution in [3.63, 3.8) is 0 Å². The molecule has 118 valence electrons. The van der Waals surface area contributed by atoms with E-state index in [0.29, 0.717) is 25.3 Å². The molecule has 2 aromatic rings. The number of aliphatic hydroxyl groups is 2. The molecule has 7 heteroatoms. The number of hydrogen-bond donors (Lipinski definition) is 2. The number of thiophene rings is 1. The van der Waals surface area contributed by atoms with Crippen LogP contribution in [0.3, 0.4) is 0 Å². The molecular weight excluding hydrogens is 302 g/mol. The second-order valence-corrected chi connectivity index (χ2v) is 6.76. The fourth-order valence-electron chi connectivity index (χ4n) is 2.62. The van der Waals surface area contributed by atoms with E-state index in [1.54, 1.807) is 6.07 Å². The van der Waals surface area contributed by atoms with Gasteiger partial charge >= 0.3 is 0 Å². The second-order valence-electron chi connectivity index (χ2n) is 5.47. The van der Waals surface area contributed by atoms with Crippen molar-refractivity contribution in [3.8, 4) is 0 Å². The Labute approximate surface area is 132 Å². The van der Waals surface area contributed by atoms with Crippen molar-refractivity contribution in [1.82, 2.24) is 14.7 Å². The summed E-state index contributed by atoms with van der Waals surface area (Å²) in [5.41, 5.74) is 1.35.